The van der Waals surface area contributed by atoms with Crippen molar-refractivity contribution in [3.8, 4) is 129 Å². The van der Waals surface area contributed by atoms with Gasteiger partial charge in [0.25, 0.3) is 0 Å². The average Bonchev–Trinajstić information content (AvgIpc) is 0.753. The third kappa shape index (κ3) is 14.9. The van der Waals surface area contributed by atoms with Crippen molar-refractivity contribution in [3.05, 3.63) is 381 Å². The van der Waals surface area contributed by atoms with Crippen molar-refractivity contribution in [2.75, 3.05) is 0 Å². The molecule has 1 radical (unpaired) electrons. The van der Waals surface area contributed by atoms with Crippen LogP contribution in [0.25, 0.3) is 189 Å². The molecule has 0 fully saturated rings. The van der Waals surface area contributed by atoms with Crippen molar-refractivity contribution >= 4 is 84.7 Å². The smallest absolute Gasteiger partial charge is 0.537 e. The Balaban J connectivity index is 0.000000131. The summed E-state index contributed by atoms with van der Waals surface area (Å²) in [4.78, 5) is 49.2. The first-order chi connectivity index (χ1) is 56.1. The summed E-state index contributed by atoms with van der Waals surface area (Å²) in [5, 5.41) is 16.1. The average molecular weight is 1490 g/mol. The molecule has 0 saturated carbocycles. The number of fused-ring (bicyclic) bond motifs is 8. The molecule has 20 rings (SSSR count). The molecule has 8 aromatic heterocycles. The first kappa shape index (κ1) is 71.0. The van der Waals surface area contributed by atoms with Gasteiger partial charge in [-0.15, -0.1) is 0 Å². The number of rotatable bonds is 13. The van der Waals surface area contributed by atoms with Gasteiger partial charge < -0.3 is 9.68 Å². The van der Waals surface area contributed by atoms with Crippen LogP contribution in [0.4, 0.5) is 0 Å². The standard InChI is InChI=1S/C50H33N5.C31H21BN3O2.C19H13ClN2/c1-32-23-24-35-25-26-42-43(30-44(33-12-4-2-5-13-33)53-49(42)48(35)52-32)38-18-9-20-40(29-38)46-31-45(54-50(55-46)36-14-6-3-7-15-36)39-19-8-17-37(28-39)41-22-10-16-34-21-11-27-51-47(34)41;36-32-37-26-15-5-13-25(19-26)29-20-28(34-31(35-29)22-8-2-1-3-9-22)24-12-4-11-23(18-24)27-16-6-10-21-14-7-17-33-30(21)27;1-12-7-8-14-9-10-15-16(20)11-17(13-5-3-2-4-6-13)22-19(15)18(14)21-12/h2-31H,1H3;1-20,36H;2-11H,1H3. The maximum atomic E-state index is 9.08. The van der Waals surface area contributed by atoms with Crippen LogP contribution in [0.2, 0.25) is 5.02 Å². The predicted octanol–water partition coefficient (Wildman–Crippen LogP) is 24.4. The second kappa shape index (κ2) is 31.8. The summed E-state index contributed by atoms with van der Waals surface area (Å²) in [7, 11) is 0.674. The molecule has 0 amide bonds. The molecule has 14 heteroatoms. The van der Waals surface area contributed by atoms with Crippen molar-refractivity contribution in [1.29, 1.82) is 0 Å². The number of hydrogen-bond donors (Lipinski definition) is 1. The molecule has 0 aliphatic carbocycles. The Morgan fingerprint density at radius 2 is 0.605 bits per heavy atom. The molecular weight excluding hydrogens is 1420 g/mol. The zero-order chi connectivity index (χ0) is 76.9. The number of halogens is 1. The summed E-state index contributed by atoms with van der Waals surface area (Å²) in [5.41, 5.74) is 26.7. The SMILES string of the molecule is Cc1ccc2ccc3c(-c4cccc(-c5cc(-c6cccc(-c7cccc8cccnc78)c6)nc(-c6ccccc6)n5)c4)cc(-c4ccccc4)nc3c2n1.Cc1ccc2ccc3c(Cl)cc(-c4ccccc4)nc3c2n1.O[B]Oc1cccc(-c2cc(-c3cccc(-c4cccc5cccnc45)c3)nc(-c3ccccc3)n2)c1. The first-order valence-corrected chi connectivity index (χ1v) is 37.8. The largest absolute Gasteiger partial charge is 0.569 e. The van der Waals surface area contributed by atoms with Gasteiger partial charge in [-0.1, -0.05) is 285 Å². The fraction of sp³-hybridized carbons (Fsp3) is 0.0200. The lowest BCUT2D eigenvalue weighted by Crippen LogP contribution is -2.00. The van der Waals surface area contributed by atoms with Crippen LogP contribution < -0.4 is 4.65 Å². The third-order valence-electron chi connectivity index (χ3n) is 20.2. The highest BCUT2D eigenvalue weighted by molar-refractivity contribution is 6.36. The van der Waals surface area contributed by atoms with Crippen LogP contribution in [0.5, 0.6) is 5.75 Å². The highest BCUT2D eigenvalue weighted by atomic mass is 35.5. The van der Waals surface area contributed by atoms with Crippen LogP contribution in [-0.2, 0) is 0 Å². The van der Waals surface area contributed by atoms with Crippen LogP contribution in [0.1, 0.15) is 11.4 Å². The summed E-state index contributed by atoms with van der Waals surface area (Å²) in [6.45, 7) is 4.02. The fourth-order valence-corrected chi connectivity index (χ4v) is 14.8. The number of pyridine rings is 6. The van der Waals surface area contributed by atoms with Gasteiger partial charge in [0.1, 0.15) is 5.75 Å². The van der Waals surface area contributed by atoms with E-state index in [2.05, 4.69) is 204 Å². The summed E-state index contributed by atoms with van der Waals surface area (Å²) in [6, 6.07) is 119. The summed E-state index contributed by atoms with van der Waals surface area (Å²) < 4.78 is 5.18. The minimum Gasteiger partial charge on any atom is -0.537 e. The summed E-state index contributed by atoms with van der Waals surface area (Å²) >= 11 is 6.48. The molecule has 0 saturated heterocycles. The molecule has 0 aliphatic heterocycles. The van der Waals surface area contributed by atoms with E-state index in [0.717, 1.165) is 189 Å². The zero-order valence-corrected chi connectivity index (χ0v) is 62.7. The van der Waals surface area contributed by atoms with Gasteiger partial charge >= 0.3 is 7.69 Å². The van der Waals surface area contributed by atoms with Crippen LogP contribution in [0.3, 0.4) is 0 Å². The Morgan fingerprint density at radius 1 is 0.254 bits per heavy atom. The molecule has 0 aliphatic rings. The van der Waals surface area contributed by atoms with Crippen molar-refractivity contribution < 1.29 is 9.68 Å². The van der Waals surface area contributed by atoms with Gasteiger partial charge in [-0.2, -0.15) is 0 Å². The van der Waals surface area contributed by atoms with Crippen LogP contribution in [0, 0.1) is 13.8 Å². The van der Waals surface area contributed by atoms with Crippen molar-refractivity contribution in [3.63, 3.8) is 0 Å². The van der Waals surface area contributed by atoms with Gasteiger partial charge in [0, 0.05) is 112 Å². The minimum atomic E-state index is 0.520. The van der Waals surface area contributed by atoms with Gasteiger partial charge in [0.05, 0.1) is 72.3 Å². The highest BCUT2D eigenvalue weighted by Crippen LogP contribution is 2.41. The Labute approximate surface area is 663 Å². The van der Waals surface area contributed by atoms with Gasteiger partial charge in [-0.3, -0.25) is 19.9 Å². The minimum absolute atomic E-state index is 0.520. The topological polar surface area (TPSA) is 158 Å². The van der Waals surface area contributed by atoms with E-state index >= 15 is 0 Å². The van der Waals surface area contributed by atoms with Crippen LogP contribution >= 0.6 is 11.6 Å². The van der Waals surface area contributed by atoms with Gasteiger partial charge in [0.2, 0.25) is 0 Å². The predicted molar refractivity (Wildman–Crippen MR) is 465 cm³/mol. The van der Waals surface area contributed by atoms with E-state index in [9.17, 15) is 0 Å². The molecule has 0 atom stereocenters. The van der Waals surface area contributed by atoms with E-state index in [1.807, 2.05) is 178 Å². The highest BCUT2D eigenvalue weighted by Gasteiger charge is 2.20. The van der Waals surface area contributed by atoms with E-state index in [1.54, 1.807) is 6.07 Å². The van der Waals surface area contributed by atoms with Crippen molar-refractivity contribution in [2.24, 2.45) is 0 Å². The van der Waals surface area contributed by atoms with Crippen molar-refractivity contribution in [2.45, 2.75) is 13.8 Å². The lowest BCUT2D eigenvalue weighted by molar-refractivity contribution is 0.454. The Hall–Kier alpha value is -14.6. The molecule has 1 N–H and O–H groups in total. The normalized spacial score (nSPS) is 11.2. The molecule has 0 bridgehead atoms. The van der Waals surface area contributed by atoms with Gasteiger partial charge in [0.15, 0.2) is 11.6 Å². The third-order valence-corrected chi connectivity index (χ3v) is 20.5. The number of nitrogens with zero attached hydrogens (tertiary/aromatic N) is 10. The maximum absolute atomic E-state index is 9.08. The Morgan fingerprint density at radius 3 is 1.07 bits per heavy atom. The Kier molecular flexibility index (Phi) is 19.8. The molecular formula is C100H67BClN10O2. The van der Waals surface area contributed by atoms with E-state index in [0.29, 0.717) is 30.1 Å². The molecule has 20 aromatic rings. The number of benzene rings is 12. The van der Waals surface area contributed by atoms with Gasteiger partial charge in [-0.25, -0.2) is 29.9 Å². The summed E-state index contributed by atoms with van der Waals surface area (Å²) in [6.07, 6.45) is 3.68. The van der Waals surface area contributed by atoms with Crippen molar-refractivity contribution in [1.82, 2.24) is 49.8 Å². The molecule has 0 unspecified atom stereocenters. The first-order valence-electron chi connectivity index (χ1n) is 37.5. The Bertz CT molecular complexity index is 6990. The number of aromatic nitrogens is 10. The maximum Gasteiger partial charge on any atom is 0.569 e. The number of hydrogen-bond acceptors (Lipinski definition) is 12. The van der Waals surface area contributed by atoms with E-state index in [4.69, 9.17) is 61.2 Å². The van der Waals surface area contributed by atoms with Gasteiger partial charge in [-0.05, 0) is 115 Å². The van der Waals surface area contributed by atoms with Crippen LogP contribution in [0.15, 0.2) is 364 Å². The molecule has 8 heterocycles. The fourth-order valence-electron chi connectivity index (χ4n) is 14.6. The number of aryl methyl sites for hydroxylation is 2. The molecule has 12 aromatic carbocycles. The number of para-hydroxylation sites is 2. The molecule has 114 heavy (non-hydrogen) atoms. The molecule has 0 spiro atoms. The lowest BCUT2D eigenvalue weighted by Gasteiger charge is -2.14. The summed E-state index contributed by atoms with van der Waals surface area (Å²) in [5.74, 6) is 1.82. The van der Waals surface area contributed by atoms with E-state index < -0.39 is 0 Å². The molecule has 12 nitrogen and oxygen atoms in total. The quantitative estimate of drug-likeness (QED) is 0.0861. The lowest BCUT2D eigenvalue weighted by atomic mass is 9.95. The van der Waals surface area contributed by atoms with E-state index in [-0.39, 0.29) is 0 Å². The zero-order valence-electron chi connectivity index (χ0n) is 61.9. The monoisotopic (exact) mass is 1490 g/mol. The van der Waals surface area contributed by atoms with Crippen LogP contribution in [-0.4, -0.2) is 62.5 Å². The molecule has 539 valence electrons. The second-order valence-electron chi connectivity index (χ2n) is 27.7. The second-order valence-corrected chi connectivity index (χ2v) is 28.1. The van der Waals surface area contributed by atoms with E-state index in [1.165, 1.54) is 0 Å².